The Morgan fingerprint density at radius 1 is 1.23 bits per heavy atom. The van der Waals surface area contributed by atoms with Crippen molar-refractivity contribution in [2.45, 2.75) is 0 Å². The molecule has 0 aliphatic rings. The van der Waals surface area contributed by atoms with E-state index in [-0.39, 0.29) is 6.03 Å². The minimum atomic E-state index is -0.229. The second kappa shape index (κ2) is 5.98. The molecule has 0 saturated heterocycles. The van der Waals surface area contributed by atoms with Crippen molar-refractivity contribution in [3.05, 3.63) is 42.5 Å². The van der Waals surface area contributed by atoms with Gasteiger partial charge in [-0.05, 0) is 54.0 Å². The second-order valence-corrected chi connectivity index (χ2v) is 5.43. The molecular formula is C15H14N4O2S. The van der Waals surface area contributed by atoms with Gasteiger partial charge in [-0.2, -0.15) is 0 Å². The predicted molar refractivity (Wildman–Crippen MR) is 87.8 cm³/mol. The van der Waals surface area contributed by atoms with E-state index in [2.05, 4.69) is 14.9 Å². The van der Waals surface area contributed by atoms with E-state index in [1.807, 2.05) is 36.4 Å². The maximum Gasteiger partial charge on any atom is 0.326 e. The number of aromatic nitrogens is 2. The molecule has 3 rings (SSSR count). The fraction of sp³-hybridized carbons (Fsp3) is 0.133. The number of rotatable bonds is 3. The highest BCUT2D eigenvalue weighted by molar-refractivity contribution is 7.12. The summed E-state index contributed by atoms with van der Waals surface area (Å²) in [5.74, 6) is 0.749. The molecule has 0 fully saturated rings. The Balaban J connectivity index is 1.74. The van der Waals surface area contributed by atoms with E-state index in [9.17, 15) is 4.79 Å². The summed E-state index contributed by atoms with van der Waals surface area (Å²) in [6, 6.07) is 12.6. The zero-order valence-electron chi connectivity index (χ0n) is 12.1. The van der Waals surface area contributed by atoms with E-state index in [0.717, 1.165) is 21.7 Å². The van der Waals surface area contributed by atoms with Gasteiger partial charge >= 0.3 is 6.03 Å². The summed E-state index contributed by atoms with van der Waals surface area (Å²) in [5, 5.41) is 6.84. The van der Waals surface area contributed by atoms with Gasteiger partial charge in [-0.1, -0.05) is 4.49 Å². The third-order valence-electron chi connectivity index (χ3n) is 3.26. The summed E-state index contributed by atoms with van der Waals surface area (Å²) in [7, 11) is 3.31. The van der Waals surface area contributed by atoms with Crippen LogP contribution in [0.1, 0.15) is 0 Å². The van der Waals surface area contributed by atoms with Crippen molar-refractivity contribution in [3.8, 4) is 5.75 Å². The Morgan fingerprint density at radius 3 is 2.73 bits per heavy atom. The van der Waals surface area contributed by atoms with Crippen molar-refractivity contribution in [1.82, 2.24) is 9.59 Å². The highest BCUT2D eigenvalue weighted by Gasteiger charge is 2.11. The lowest BCUT2D eigenvalue weighted by atomic mass is 10.3. The molecule has 0 saturated carbocycles. The first-order valence-corrected chi connectivity index (χ1v) is 7.35. The van der Waals surface area contributed by atoms with E-state index < -0.39 is 0 Å². The maximum atomic E-state index is 12.3. The monoisotopic (exact) mass is 314 g/mol. The molecule has 0 aliphatic heterocycles. The van der Waals surface area contributed by atoms with Gasteiger partial charge in [-0.3, -0.25) is 4.90 Å². The molecular weight excluding hydrogens is 300 g/mol. The molecule has 0 atom stereocenters. The van der Waals surface area contributed by atoms with Gasteiger partial charge in [0.25, 0.3) is 0 Å². The van der Waals surface area contributed by atoms with Crippen LogP contribution in [0.4, 0.5) is 16.2 Å². The Labute approximate surface area is 131 Å². The number of ether oxygens (including phenoxy) is 1. The van der Waals surface area contributed by atoms with Gasteiger partial charge in [0, 0.05) is 18.4 Å². The molecule has 112 valence electrons. The van der Waals surface area contributed by atoms with Crippen LogP contribution in [0.15, 0.2) is 42.5 Å². The van der Waals surface area contributed by atoms with Crippen LogP contribution in [0.3, 0.4) is 0 Å². The third-order valence-corrected chi connectivity index (χ3v) is 3.97. The van der Waals surface area contributed by atoms with Crippen molar-refractivity contribution in [2.75, 3.05) is 24.4 Å². The molecule has 22 heavy (non-hydrogen) atoms. The molecule has 3 aromatic rings. The molecule has 0 radical (unpaired) electrons. The Bertz CT molecular complexity index is 801. The van der Waals surface area contributed by atoms with Gasteiger partial charge < -0.3 is 10.1 Å². The van der Waals surface area contributed by atoms with Crippen molar-refractivity contribution in [1.29, 1.82) is 0 Å². The summed E-state index contributed by atoms with van der Waals surface area (Å²) in [6.45, 7) is 0. The summed E-state index contributed by atoms with van der Waals surface area (Å²) >= 11 is 1.33. The van der Waals surface area contributed by atoms with Gasteiger partial charge in [0.2, 0.25) is 0 Å². The van der Waals surface area contributed by atoms with Crippen molar-refractivity contribution in [3.63, 3.8) is 0 Å². The van der Waals surface area contributed by atoms with Crippen LogP contribution in [0.5, 0.6) is 5.75 Å². The number of nitrogens with one attached hydrogen (secondary N) is 1. The van der Waals surface area contributed by atoms with Crippen LogP contribution < -0.4 is 15.0 Å². The fourth-order valence-corrected chi connectivity index (χ4v) is 2.53. The molecule has 2 aromatic carbocycles. The van der Waals surface area contributed by atoms with Crippen molar-refractivity contribution in [2.24, 2.45) is 0 Å². The number of benzene rings is 2. The molecule has 1 N–H and O–H groups in total. The molecule has 7 heteroatoms. The van der Waals surface area contributed by atoms with Crippen LogP contribution in [-0.4, -0.2) is 29.8 Å². The van der Waals surface area contributed by atoms with Gasteiger partial charge in [0.05, 0.1) is 11.8 Å². The number of urea groups is 1. The lowest BCUT2D eigenvalue weighted by molar-refractivity contribution is 0.258. The Kier molecular flexibility index (Phi) is 3.88. The molecule has 1 heterocycles. The standard InChI is InChI=1S/C15H14N4O2S/c1-19(11-4-6-12(21-2)7-5-11)15(20)16-10-3-8-14-13(9-10)17-18-22-14/h3-9H,1-2H3,(H,16,20). The summed E-state index contributed by atoms with van der Waals surface area (Å²) < 4.78 is 9.97. The number of methoxy groups -OCH3 is 1. The largest absolute Gasteiger partial charge is 0.497 e. The number of hydrogen-bond acceptors (Lipinski definition) is 5. The first kappa shape index (κ1) is 14.3. The van der Waals surface area contributed by atoms with Crippen LogP contribution in [0.25, 0.3) is 10.2 Å². The minimum absolute atomic E-state index is 0.229. The Hall–Kier alpha value is -2.67. The van der Waals surface area contributed by atoms with E-state index >= 15 is 0 Å². The maximum absolute atomic E-state index is 12.3. The molecule has 2 amide bonds. The summed E-state index contributed by atoms with van der Waals surface area (Å²) in [6.07, 6.45) is 0. The number of anilines is 2. The zero-order valence-corrected chi connectivity index (χ0v) is 12.9. The average Bonchev–Trinajstić information content (AvgIpc) is 3.02. The molecule has 6 nitrogen and oxygen atoms in total. The quantitative estimate of drug-likeness (QED) is 0.805. The Morgan fingerprint density at radius 2 is 2.00 bits per heavy atom. The van der Waals surface area contributed by atoms with Crippen molar-refractivity contribution >= 4 is 39.2 Å². The third kappa shape index (κ3) is 2.84. The highest BCUT2D eigenvalue weighted by atomic mass is 32.1. The van der Waals surface area contributed by atoms with E-state index in [0.29, 0.717) is 5.69 Å². The number of carbonyl (C=O) groups excluding carboxylic acids is 1. The average molecular weight is 314 g/mol. The SMILES string of the molecule is COc1ccc(N(C)C(=O)Nc2ccc3snnc3c2)cc1. The second-order valence-electron chi connectivity index (χ2n) is 4.64. The first-order valence-electron chi connectivity index (χ1n) is 6.58. The number of nitrogens with zero attached hydrogens (tertiary/aromatic N) is 3. The predicted octanol–water partition coefficient (Wildman–Crippen LogP) is 3.37. The fourth-order valence-electron chi connectivity index (χ4n) is 1.99. The lowest BCUT2D eigenvalue weighted by Crippen LogP contribution is -2.31. The molecule has 0 aliphatic carbocycles. The van der Waals surface area contributed by atoms with Crippen LogP contribution in [0.2, 0.25) is 0 Å². The number of amides is 2. The van der Waals surface area contributed by atoms with Gasteiger partial charge in [0.1, 0.15) is 11.3 Å². The van der Waals surface area contributed by atoms with Crippen LogP contribution in [0, 0.1) is 0 Å². The van der Waals surface area contributed by atoms with Gasteiger partial charge in [-0.25, -0.2) is 4.79 Å². The first-order chi connectivity index (χ1) is 10.7. The topological polar surface area (TPSA) is 67.3 Å². The van der Waals surface area contributed by atoms with Crippen LogP contribution in [-0.2, 0) is 0 Å². The van der Waals surface area contributed by atoms with E-state index in [1.54, 1.807) is 20.2 Å². The number of hydrogen-bond donors (Lipinski definition) is 1. The molecule has 1 aromatic heterocycles. The van der Waals surface area contributed by atoms with E-state index in [4.69, 9.17) is 4.74 Å². The van der Waals surface area contributed by atoms with Crippen molar-refractivity contribution < 1.29 is 9.53 Å². The van der Waals surface area contributed by atoms with Crippen LogP contribution >= 0.6 is 11.5 Å². The number of carbonyl (C=O) groups is 1. The van der Waals surface area contributed by atoms with Gasteiger partial charge in [-0.15, -0.1) is 5.10 Å². The smallest absolute Gasteiger partial charge is 0.326 e. The van der Waals surface area contributed by atoms with E-state index in [1.165, 1.54) is 16.4 Å². The minimum Gasteiger partial charge on any atom is -0.497 e. The normalized spacial score (nSPS) is 10.5. The van der Waals surface area contributed by atoms with Gasteiger partial charge in [0.15, 0.2) is 0 Å². The summed E-state index contributed by atoms with van der Waals surface area (Å²) in [4.78, 5) is 13.8. The zero-order chi connectivity index (χ0) is 15.5. The molecule has 0 bridgehead atoms. The lowest BCUT2D eigenvalue weighted by Gasteiger charge is -2.18. The number of fused-ring (bicyclic) bond motifs is 1. The highest BCUT2D eigenvalue weighted by Crippen LogP contribution is 2.22. The molecule has 0 unspecified atom stereocenters. The summed E-state index contributed by atoms with van der Waals surface area (Å²) in [5.41, 5.74) is 2.23. The molecule has 0 spiro atoms.